The summed E-state index contributed by atoms with van der Waals surface area (Å²) in [5.74, 6) is -1.41. The molecule has 1 amide bonds. The molecule has 0 atom stereocenters. The van der Waals surface area contributed by atoms with E-state index in [1.165, 1.54) is 18.2 Å². The number of carbonyl (C=O) groups excluding carboxylic acids is 1. The zero-order chi connectivity index (χ0) is 25.4. The van der Waals surface area contributed by atoms with Crippen LogP contribution in [0.4, 0.5) is 23.2 Å². The number of hydrogen-bond acceptors (Lipinski definition) is 4. The van der Waals surface area contributed by atoms with Gasteiger partial charge in [-0.3, -0.25) is 14.2 Å². The molecule has 0 bridgehead atoms. The second-order valence-corrected chi connectivity index (χ2v) is 8.74. The van der Waals surface area contributed by atoms with Gasteiger partial charge >= 0.3 is 6.18 Å². The molecule has 0 saturated carbocycles. The lowest BCUT2D eigenvalue weighted by Gasteiger charge is -2.13. The van der Waals surface area contributed by atoms with Gasteiger partial charge in [-0.1, -0.05) is 42.1 Å². The topological polar surface area (TPSA) is 79.8 Å². The van der Waals surface area contributed by atoms with E-state index >= 15 is 0 Å². The molecular formula is C25H16F4N4O2S. The first kappa shape index (κ1) is 23.6. The predicted octanol–water partition coefficient (Wildman–Crippen LogP) is 5.76. The molecule has 0 spiro atoms. The molecular weight excluding hydrogens is 496 g/mol. The minimum absolute atomic E-state index is 0.0267. The summed E-state index contributed by atoms with van der Waals surface area (Å²) in [6.07, 6.45) is -4.48. The first-order chi connectivity index (χ1) is 17.2. The molecule has 0 aliphatic rings. The van der Waals surface area contributed by atoms with Crippen LogP contribution in [0.15, 0.2) is 82.7 Å². The highest BCUT2D eigenvalue weighted by molar-refractivity contribution is 7.99. The maximum Gasteiger partial charge on any atom is 0.416 e. The summed E-state index contributed by atoms with van der Waals surface area (Å²) >= 11 is 0.906. The number of fused-ring (bicyclic) bond motifs is 3. The van der Waals surface area contributed by atoms with Gasteiger partial charge in [0.15, 0.2) is 5.16 Å². The fraction of sp³-hybridized carbons (Fsp3) is 0.0800. The fourth-order valence-corrected chi connectivity index (χ4v) is 4.55. The van der Waals surface area contributed by atoms with Crippen molar-refractivity contribution < 1.29 is 22.4 Å². The van der Waals surface area contributed by atoms with E-state index in [4.69, 9.17) is 0 Å². The molecule has 6 nitrogen and oxygen atoms in total. The summed E-state index contributed by atoms with van der Waals surface area (Å²) in [6.45, 7) is 0. The number of nitrogens with zero attached hydrogens (tertiary/aromatic N) is 2. The molecule has 5 rings (SSSR count). The molecule has 2 heterocycles. The van der Waals surface area contributed by atoms with Crippen LogP contribution in [-0.4, -0.2) is 26.2 Å². The third kappa shape index (κ3) is 4.44. The Hall–Kier alpha value is -4.12. The summed E-state index contributed by atoms with van der Waals surface area (Å²) in [6, 6.07) is 16.9. The second-order valence-electron chi connectivity index (χ2n) is 7.79. The minimum atomic E-state index is -4.48. The summed E-state index contributed by atoms with van der Waals surface area (Å²) in [5.41, 5.74) is 0.0412. The van der Waals surface area contributed by atoms with Crippen LogP contribution < -0.4 is 10.9 Å². The second kappa shape index (κ2) is 9.15. The van der Waals surface area contributed by atoms with E-state index in [9.17, 15) is 27.2 Å². The number of rotatable bonds is 5. The van der Waals surface area contributed by atoms with Gasteiger partial charge in [0, 0.05) is 16.6 Å². The number of aromatic amines is 1. The number of aromatic nitrogens is 3. The third-order valence-corrected chi connectivity index (χ3v) is 6.35. The van der Waals surface area contributed by atoms with Crippen LogP contribution in [0.3, 0.4) is 0 Å². The Labute approximate surface area is 205 Å². The number of H-pyrrole nitrogens is 1. The molecule has 36 heavy (non-hydrogen) atoms. The summed E-state index contributed by atoms with van der Waals surface area (Å²) in [4.78, 5) is 33.6. The molecule has 182 valence electrons. The van der Waals surface area contributed by atoms with E-state index in [0.717, 1.165) is 40.6 Å². The molecule has 2 N–H and O–H groups in total. The Morgan fingerprint density at radius 3 is 2.42 bits per heavy atom. The van der Waals surface area contributed by atoms with Crippen molar-refractivity contribution in [3.8, 4) is 5.69 Å². The molecule has 3 aromatic carbocycles. The van der Waals surface area contributed by atoms with Gasteiger partial charge in [0.2, 0.25) is 5.91 Å². The maximum absolute atomic E-state index is 14.7. The first-order valence-corrected chi connectivity index (χ1v) is 11.6. The number of hydrogen-bond donors (Lipinski definition) is 2. The van der Waals surface area contributed by atoms with Crippen molar-refractivity contribution in [3.63, 3.8) is 0 Å². The summed E-state index contributed by atoms with van der Waals surface area (Å²) in [7, 11) is 0. The Kier molecular flexibility index (Phi) is 6.00. The van der Waals surface area contributed by atoms with Crippen LogP contribution in [0.25, 0.3) is 27.6 Å². The van der Waals surface area contributed by atoms with E-state index < -0.39 is 29.0 Å². The first-order valence-electron chi connectivity index (χ1n) is 10.6. The number of benzene rings is 3. The molecule has 0 radical (unpaired) electrons. The lowest BCUT2D eigenvalue weighted by molar-refractivity contribution is -0.137. The smallest absolute Gasteiger partial charge is 0.349 e. The van der Waals surface area contributed by atoms with Crippen LogP contribution >= 0.6 is 11.8 Å². The molecule has 0 aliphatic heterocycles. The lowest BCUT2D eigenvalue weighted by Crippen LogP contribution is -2.23. The Bertz CT molecular complexity index is 1660. The van der Waals surface area contributed by atoms with Crippen molar-refractivity contribution in [2.75, 3.05) is 11.1 Å². The van der Waals surface area contributed by atoms with Gasteiger partial charge in [0.25, 0.3) is 5.56 Å². The van der Waals surface area contributed by atoms with E-state index in [1.807, 2.05) is 0 Å². The number of nitrogens with one attached hydrogen (secondary N) is 2. The van der Waals surface area contributed by atoms with Crippen LogP contribution in [0, 0.1) is 5.82 Å². The highest BCUT2D eigenvalue weighted by Gasteiger charge is 2.30. The average molecular weight is 512 g/mol. The Morgan fingerprint density at radius 2 is 1.69 bits per heavy atom. The van der Waals surface area contributed by atoms with Gasteiger partial charge < -0.3 is 10.3 Å². The van der Waals surface area contributed by atoms with Gasteiger partial charge in [-0.15, -0.1) is 0 Å². The number of alkyl halides is 3. The minimum Gasteiger partial charge on any atom is -0.349 e. The van der Waals surface area contributed by atoms with Gasteiger partial charge in [0.05, 0.1) is 17.0 Å². The molecule has 0 fully saturated rings. The fourth-order valence-electron chi connectivity index (χ4n) is 3.75. The predicted molar refractivity (Wildman–Crippen MR) is 130 cm³/mol. The lowest BCUT2D eigenvalue weighted by atomic mass is 10.2. The molecule has 0 aliphatic carbocycles. The zero-order valence-corrected chi connectivity index (χ0v) is 19.1. The van der Waals surface area contributed by atoms with Gasteiger partial charge in [-0.05, 0) is 42.5 Å². The van der Waals surface area contributed by atoms with Crippen molar-refractivity contribution >= 4 is 45.3 Å². The normalized spacial score (nSPS) is 11.8. The SMILES string of the molecule is O=C(CSc1nc2c([nH]c3ccccc32)c(=O)n1-c1ccccc1F)Nc1ccc(C(F)(F)F)cc1. The highest BCUT2D eigenvalue weighted by Crippen LogP contribution is 2.30. The summed E-state index contributed by atoms with van der Waals surface area (Å²) < 4.78 is 54.1. The molecule has 0 saturated heterocycles. The van der Waals surface area contributed by atoms with Crippen LogP contribution in [-0.2, 0) is 11.0 Å². The molecule has 5 aromatic rings. The number of halogens is 4. The van der Waals surface area contributed by atoms with Crippen molar-refractivity contribution in [3.05, 3.63) is 94.5 Å². The molecule has 0 unspecified atom stereocenters. The van der Waals surface area contributed by atoms with Crippen molar-refractivity contribution in [2.24, 2.45) is 0 Å². The number of carbonyl (C=O) groups is 1. The van der Waals surface area contributed by atoms with Gasteiger partial charge in [-0.2, -0.15) is 13.2 Å². The van der Waals surface area contributed by atoms with Crippen LogP contribution in [0.1, 0.15) is 5.56 Å². The average Bonchev–Trinajstić information content (AvgIpc) is 3.22. The number of anilines is 1. The highest BCUT2D eigenvalue weighted by atomic mass is 32.2. The summed E-state index contributed by atoms with van der Waals surface area (Å²) in [5, 5.41) is 3.30. The van der Waals surface area contributed by atoms with E-state index in [0.29, 0.717) is 16.4 Å². The van der Waals surface area contributed by atoms with Crippen molar-refractivity contribution in [1.82, 2.24) is 14.5 Å². The van der Waals surface area contributed by atoms with E-state index in [1.54, 1.807) is 30.3 Å². The Balaban J connectivity index is 1.49. The standard InChI is InChI=1S/C25H16F4N4O2S/c26-17-6-2-4-8-19(17)33-23(35)22-21(16-5-1-3-7-18(16)31-22)32-24(33)36-13-20(34)30-15-11-9-14(10-12-15)25(27,28)29/h1-12,31H,13H2,(H,30,34). The van der Waals surface area contributed by atoms with Crippen LogP contribution in [0.5, 0.6) is 0 Å². The molecule has 2 aromatic heterocycles. The maximum atomic E-state index is 14.7. The quantitative estimate of drug-likeness (QED) is 0.178. The number of para-hydroxylation sites is 2. The molecule has 11 heteroatoms. The van der Waals surface area contributed by atoms with E-state index in [-0.39, 0.29) is 27.8 Å². The number of thioether (sulfide) groups is 1. The van der Waals surface area contributed by atoms with Gasteiger partial charge in [-0.25, -0.2) is 9.37 Å². The Morgan fingerprint density at radius 1 is 1.00 bits per heavy atom. The van der Waals surface area contributed by atoms with E-state index in [2.05, 4.69) is 15.3 Å². The van der Waals surface area contributed by atoms with Crippen LogP contribution in [0.2, 0.25) is 0 Å². The monoisotopic (exact) mass is 512 g/mol. The van der Waals surface area contributed by atoms with Crippen molar-refractivity contribution in [2.45, 2.75) is 11.3 Å². The van der Waals surface area contributed by atoms with Crippen molar-refractivity contribution in [1.29, 1.82) is 0 Å². The zero-order valence-electron chi connectivity index (χ0n) is 18.3. The van der Waals surface area contributed by atoms with Gasteiger partial charge in [0.1, 0.15) is 16.9 Å². The number of amides is 1. The largest absolute Gasteiger partial charge is 0.416 e. The third-order valence-electron chi connectivity index (χ3n) is 5.42.